The Kier molecular flexibility index (Phi) is 5.75. The zero-order chi connectivity index (χ0) is 15.9. The maximum Gasteiger partial charge on any atom is 0.315 e. The van der Waals surface area contributed by atoms with Crippen LogP contribution in [-0.2, 0) is 4.79 Å². The molecule has 0 bridgehead atoms. The normalized spacial score (nSPS) is 20.4. The third kappa shape index (κ3) is 5.02. The second kappa shape index (κ2) is 7.77. The molecule has 0 radical (unpaired) electrons. The van der Waals surface area contributed by atoms with E-state index in [0.717, 1.165) is 25.7 Å². The second-order valence-electron chi connectivity index (χ2n) is 5.67. The molecule has 3 amide bonds. The van der Waals surface area contributed by atoms with Gasteiger partial charge >= 0.3 is 6.03 Å². The molecule has 1 fully saturated rings. The third-order valence-electron chi connectivity index (χ3n) is 3.83. The predicted octanol–water partition coefficient (Wildman–Crippen LogP) is 2.78. The fraction of sp³-hybridized carbons (Fsp3) is 0.500. The zero-order valence-electron chi connectivity index (χ0n) is 12.7. The summed E-state index contributed by atoms with van der Waals surface area (Å²) in [4.78, 5) is 22.9. The van der Waals surface area contributed by atoms with Crippen LogP contribution in [0.1, 0.15) is 39.0 Å². The highest BCUT2D eigenvalue weighted by atomic mass is 19.1. The van der Waals surface area contributed by atoms with E-state index in [2.05, 4.69) is 16.0 Å². The van der Waals surface area contributed by atoms with Crippen LogP contribution in [0.25, 0.3) is 0 Å². The van der Waals surface area contributed by atoms with Crippen molar-refractivity contribution >= 4 is 17.6 Å². The van der Waals surface area contributed by atoms with Crippen LogP contribution in [0.4, 0.5) is 14.9 Å². The highest BCUT2D eigenvalue weighted by Gasteiger charge is 2.26. The fourth-order valence-corrected chi connectivity index (χ4v) is 2.55. The number of hydrogen-bond acceptors (Lipinski definition) is 2. The Hall–Kier alpha value is -2.11. The number of urea groups is 1. The minimum Gasteiger partial charge on any atom is -0.334 e. The highest BCUT2D eigenvalue weighted by molar-refractivity contribution is 5.90. The van der Waals surface area contributed by atoms with E-state index in [4.69, 9.17) is 0 Å². The average molecular weight is 307 g/mol. The Morgan fingerprint density at radius 2 is 1.91 bits per heavy atom. The minimum atomic E-state index is -0.319. The molecule has 6 heteroatoms. The van der Waals surface area contributed by atoms with Crippen molar-refractivity contribution in [2.75, 3.05) is 5.32 Å². The molecular weight excluding hydrogens is 285 g/mol. The summed E-state index contributed by atoms with van der Waals surface area (Å²) in [5.41, 5.74) is 0.611. The summed E-state index contributed by atoms with van der Waals surface area (Å²) >= 11 is 0. The van der Waals surface area contributed by atoms with Crippen molar-refractivity contribution < 1.29 is 14.0 Å². The molecule has 1 aliphatic heterocycles. The van der Waals surface area contributed by atoms with E-state index >= 15 is 0 Å². The van der Waals surface area contributed by atoms with E-state index in [0.29, 0.717) is 12.1 Å². The predicted molar refractivity (Wildman–Crippen MR) is 83.0 cm³/mol. The van der Waals surface area contributed by atoms with E-state index in [1.807, 2.05) is 6.92 Å². The molecule has 1 aromatic rings. The number of nitrogens with one attached hydrogen (secondary N) is 3. The van der Waals surface area contributed by atoms with Gasteiger partial charge in [-0.3, -0.25) is 4.79 Å². The largest absolute Gasteiger partial charge is 0.334 e. The fourth-order valence-electron chi connectivity index (χ4n) is 2.55. The van der Waals surface area contributed by atoms with E-state index in [1.54, 1.807) is 12.1 Å². The molecule has 0 unspecified atom stereocenters. The SMILES string of the molecule is C[C@@H]1NC(=O)N[C@@H]1CCCCCC(=O)Nc1ccc(F)cc1. The second-order valence-corrected chi connectivity index (χ2v) is 5.67. The number of halogens is 1. The van der Waals surface area contributed by atoms with Crippen LogP contribution in [0.3, 0.4) is 0 Å². The van der Waals surface area contributed by atoms with Crippen molar-refractivity contribution in [1.82, 2.24) is 10.6 Å². The highest BCUT2D eigenvalue weighted by Crippen LogP contribution is 2.13. The number of carbonyl (C=O) groups is 2. The Bertz CT molecular complexity index is 519. The van der Waals surface area contributed by atoms with Crippen LogP contribution in [0, 0.1) is 5.82 Å². The van der Waals surface area contributed by atoms with Crippen molar-refractivity contribution in [3.05, 3.63) is 30.1 Å². The van der Waals surface area contributed by atoms with Crippen LogP contribution in [0.5, 0.6) is 0 Å². The van der Waals surface area contributed by atoms with Gasteiger partial charge in [-0.25, -0.2) is 9.18 Å². The van der Waals surface area contributed by atoms with Crippen molar-refractivity contribution in [2.24, 2.45) is 0 Å². The van der Waals surface area contributed by atoms with Crippen molar-refractivity contribution in [3.8, 4) is 0 Å². The van der Waals surface area contributed by atoms with Crippen LogP contribution >= 0.6 is 0 Å². The summed E-state index contributed by atoms with van der Waals surface area (Å²) in [6.07, 6.45) is 4.08. The number of benzene rings is 1. The lowest BCUT2D eigenvalue weighted by Crippen LogP contribution is -2.30. The summed E-state index contributed by atoms with van der Waals surface area (Å²) in [6, 6.07) is 5.97. The number of unbranched alkanes of at least 4 members (excludes halogenated alkanes) is 2. The van der Waals surface area contributed by atoms with Crippen LogP contribution < -0.4 is 16.0 Å². The third-order valence-corrected chi connectivity index (χ3v) is 3.83. The van der Waals surface area contributed by atoms with E-state index in [9.17, 15) is 14.0 Å². The minimum absolute atomic E-state index is 0.0594. The van der Waals surface area contributed by atoms with E-state index in [1.165, 1.54) is 12.1 Å². The standard InChI is InChI=1S/C16H22FN3O2/c1-11-14(20-16(22)18-11)5-3-2-4-6-15(21)19-13-9-7-12(17)8-10-13/h7-11,14H,2-6H2,1H3,(H,19,21)(H2,18,20,22)/t11-,14+/m0/s1. The van der Waals surface area contributed by atoms with Gasteiger partial charge in [0.15, 0.2) is 0 Å². The molecule has 1 aliphatic rings. The molecular formula is C16H22FN3O2. The molecule has 1 heterocycles. The van der Waals surface area contributed by atoms with Gasteiger partial charge in [0, 0.05) is 18.2 Å². The Labute approximate surface area is 129 Å². The number of hydrogen-bond donors (Lipinski definition) is 3. The zero-order valence-corrected chi connectivity index (χ0v) is 12.7. The van der Waals surface area contributed by atoms with Crippen LogP contribution in [0.2, 0.25) is 0 Å². The molecule has 0 aliphatic carbocycles. The maximum absolute atomic E-state index is 12.7. The molecule has 120 valence electrons. The quantitative estimate of drug-likeness (QED) is 0.678. The Morgan fingerprint density at radius 3 is 2.55 bits per heavy atom. The van der Waals surface area contributed by atoms with E-state index in [-0.39, 0.29) is 29.8 Å². The topological polar surface area (TPSA) is 70.2 Å². The number of carbonyl (C=O) groups excluding carboxylic acids is 2. The maximum atomic E-state index is 12.7. The van der Waals surface area contributed by atoms with Crippen LogP contribution in [-0.4, -0.2) is 24.0 Å². The lowest BCUT2D eigenvalue weighted by molar-refractivity contribution is -0.116. The lowest BCUT2D eigenvalue weighted by atomic mass is 10.0. The summed E-state index contributed by atoms with van der Waals surface area (Å²) < 4.78 is 12.7. The molecule has 5 nitrogen and oxygen atoms in total. The average Bonchev–Trinajstić information content (AvgIpc) is 2.79. The molecule has 0 aromatic heterocycles. The molecule has 0 spiro atoms. The molecule has 2 atom stereocenters. The monoisotopic (exact) mass is 307 g/mol. The van der Waals surface area contributed by atoms with Gasteiger partial charge in [0.25, 0.3) is 0 Å². The smallest absolute Gasteiger partial charge is 0.315 e. The van der Waals surface area contributed by atoms with Gasteiger partial charge in [-0.15, -0.1) is 0 Å². The van der Waals surface area contributed by atoms with Gasteiger partial charge in [-0.2, -0.15) is 0 Å². The number of amides is 3. The first kappa shape index (κ1) is 16.3. The van der Waals surface area contributed by atoms with Gasteiger partial charge in [0.05, 0.1) is 6.04 Å². The lowest BCUT2D eigenvalue weighted by Gasteiger charge is -2.13. The molecule has 2 rings (SSSR count). The summed E-state index contributed by atoms with van der Waals surface area (Å²) in [5, 5.41) is 8.44. The molecule has 3 N–H and O–H groups in total. The first-order valence-electron chi connectivity index (χ1n) is 7.67. The molecule has 1 aromatic carbocycles. The van der Waals surface area contributed by atoms with E-state index < -0.39 is 0 Å². The van der Waals surface area contributed by atoms with Gasteiger partial charge in [0.2, 0.25) is 5.91 Å². The van der Waals surface area contributed by atoms with Gasteiger partial charge < -0.3 is 16.0 Å². The number of rotatable bonds is 7. The van der Waals surface area contributed by atoms with Gasteiger partial charge in [0.1, 0.15) is 5.82 Å². The van der Waals surface area contributed by atoms with Crippen LogP contribution in [0.15, 0.2) is 24.3 Å². The van der Waals surface area contributed by atoms with Crippen molar-refractivity contribution in [1.29, 1.82) is 0 Å². The Morgan fingerprint density at radius 1 is 1.18 bits per heavy atom. The van der Waals surface area contributed by atoms with Crippen molar-refractivity contribution in [2.45, 2.75) is 51.1 Å². The summed E-state index contributed by atoms with van der Waals surface area (Å²) in [5.74, 6) is -0.378. The number of anilines is 1. The van der Waals surface area contributed by atoms with Gasteiger partial charge in [-0.1, -0.05) is 12.8 Å². The summed E-state index contributed by atoms with van der Waals surface area (Å²) in [7, 11) is 0. The summed E-state index contributed by atoms with van der Waals surface area (Å²) in [6.45, 7) is 1.98. The first-order valence-corrected chi connectivity index (χ1v) is 7.67. The van der Waals surface area contributed by atoms with Crippen molar-refractivity contribution in [3.63, 3.8) is 0 Å². The molecule has 1 saturated heterocycles. The first-order chi connectivity index (χ1) is 10.5. The van der Waals surface area contributed by atoms with Gasteiger partial charge in [-0.05, 0) is 44.0 Å². The molecule has 22 heavy (non-hydrogen) atoms. The Balaban J connectivity index is 1.57. The molecule has 0 saturated carbocycles.